The summed E-state index contributed by atoms with van der Waals surface area (Å²) in [5.41, 5.74) is 3.42. The van der Waals surface area contributed by atoms with E-state index in [9.17, 15) is 13.2 Å². The molecule has 2 heterocycles. The van der Waals surface area contributed by atoms with E-state index in [0.29, 0.717) is 12.8 Å². The average molecular weight is 366 g/mol. The molecule has 2 aromatic heterocycles. The summed E-state index contributed by atoms with van der Waals surface area (Å²) in [6.07, 6.45) is -1.16. The van der Waals surface area contributed by atoms with Crippen molar-refractivity contribution in [1.29, 1.82) is 0 Å². The highest BCUT2D eigenvalue weighted by Gasteiger charge is 2.43. The highest BCUT2D eigenvalue weighted by atomic mass is 35.5. The van der Waals surface area contributed by atoms with Crippen molar-refractivity contribution in [2.45, 2.75) is 57.3 Å². The Morgan fingerprint density at radius 2 is 1.88 bits per heavy atom. The molecular weight excluding hydrogens is 347 g/mol. The predicted octanol–water partition coefficient (Wildman–Crippen LogP) is 3.47. The van der Waals surface area contributed by atoms with Gasteiger partial charge in [0.15, 0.2) is 11.5 Å². The van der Waals surface area contributed by atoms with E-state index in [1.807, 2.05) is 0 Å². The number of nitrogens with two attached hydrogens (primary N) is 1. The molecule has 1 fully saturated rings. The summed E-state index contributed by atoms with van der Waals surface area (Å²) >= 11 is 0. The van der Waals surface area contributed by atoms with Crippen LogP contribution >= 0.6 is 12.4 Å². The van der Waals surface area contributed by atoms with E-state index >= 15 is 0 Å². The van der Waals surface area contributed by atoms with Gasteiger partial charge in [0.25, 0.3) is 5.89 Å². The minimum atomic E-state index is -4.59. The SMILES string of the molecule is CC(C)(C)n1ncc(-c2nc(C3(N)CCC3)no2)c1C(F)(F)F.Cl. The number of nitrogens with zero attached hydrogens (tertiary/aromatic N) is 4. The minimum Gasteiger partial charge on any atom is -0.334 e. The van der Waals surface area contributed by atoms with E-state index in [-0.39, 0.29) is 29.7 Å². The van der Waals surface area contributed by atoms with Crippen LogP contribution in [0.1, 0.15) is 51.6 Å². The number of hydrogen-bond acceptors (Lipinski definition) is 5. The molecule has 0 unspecified atom stereocenters. The van der Waals surface area contributed by atoms with Crippen LogP contribution in [0.5, 0.6) is 0 Å². The molecule has 24 heavy (non-hydrogen) atoms. The third kappa shape index (κ3) is 3.02. The summed E-state index contributed by atoms with van der Waals surface area (Å²) in [5, 5.41) is 7.64. The van der Waals surface area contributed by atoms with E-state index in [2.05, 4.69) is 15.2 Å². The Balaban J connectivity index is 0.00000208. The van der Waals surface area contributed by atoms with Gasteiger partial charge in [-0.25, -0.2) is 0 Å². The van der Waals surface area contributed by atoms with Crippen molar-refractivity contribution in [2.75, 3.05) is 0 Å². The van der Waals surface area contributed by atoms with Gasteiger partial charge in [-0.3, -0.25) is 4.68 Å². The average Bonchev–Trinajstić information content (AvgIpc) is 3.00. The van der Waals surface area contributed by atoms with Gasteiger partial charge in [-0.2, -0.15) is 23.3 Å². The lowest BCUT2D eigenvalue weighted by Crippen LogP contribution is -2.44. The van der Waals surface area contributed by atoms with E-state index in [1.165, 1.54) is 0 Å². The van der Waals surface area contributed by atoms with Gasteiger partial charge in [-0.15, -0.1) is 12.4 Å². The fourth-order valence-electron chi connectivity index (χ4n) is 2.60. The van der Waals surface area contributed by atoms with Crippen LogP contribution in [0.25, 0.3) is 11.5 Å². The van der Waals surface area contributed by atoms with E-state index in [1.54, 1.807) is 20.8 Å². The molecular formula is C14H19ClF3N5O. The van der Waals surface area contributed by atoms with Gasteiger partial charge >= 0.3 is 6.18 Å². The molecule has 134 valence electrons. The summed E-state index contributed by atoms with van der Waals surface area (Å²) < 4.78 is 46.5. The second kappa shape index (κ2) is 5.73. The van der Waals surface area contributed by atoms with E-state index in [4.69, 9.17) is 10.3 Å². The molecule has 2 aromatic rings. The molecule has 1 aliphatic rings. The lowest BCUT2D eigenvalue weighted by Gasteiger charge is -2.34. The minimum absolute atomic E-state index is 0. The van der Waals surface area contributed by atoms with Crippen LogP contribution in [0.4, 0.5) is 13.2 Å². The van der Waals surface area contributed by atoms with Crippen molar-refractivity contribution in [3.63, 3.8) is 0 Å². The first-order valence-electron chi connectivity index (χ1n) is 7.31. The summed E-state index contributed by atoms with van der Waals surface area (Å²) in [6.45, 7) is 4.92. The normalized spacial score (nSPS) is 17.3. The van der Waals surface area contributed by atoms with Crippen molar-refractivity contribution in [3.05, 3.63) is 17.7 Å². The smallest absolute Gasteiger partial charge is 0.334 e. The van der Waals surface area contributed by atoms with Crippen LogP contribution < -0.4 is 5.73 Å². The van der Waals surface area contributed by atoms with Crippen LogP contribution in [0.2, 0.25) is 0 Å². The second-order valence-electron chi connectivity index (χ2n) is 6.92. The zero-order chi connectivity index (χ0) is 17.0. The standard InChI is InChI=1S/C14H18F3N5O.ClH/c1-12(2,3)22-9(14(15,16)17)8(7-19-22)10-20-11(21-23-10)13(18)5-4-6-13;/h7H,4-6,18H2,1-3H3;1H. The fourth-order valence-corrected chi connectivity index (χ4v) is 2.60. The third-order valence-corrected chi connectivity index (χ3v) is 4.02. The predicted molar refractivity (Wildman–Crippen MR) is 82.5 cm³/mol. The molecule has 0 atom stereocenters. The maximum absolute atomic E-state index is 13.5. The zero-order valence-corrected chi connectivity index (χ0v) is 14.3. The summed E-state index contributed by atoms with van der Waals surface area (Å²) in [4.78, 5) is 4.09. The zero-order valence-electron chi connectivity index (χ0n) is 13.5. The van der Waals surface area contributed by atoms with Crippen LogP contribution in [0.15, 0.2) is 10.7 Å². The molecule has 6 nitrogen and oxygen atoms in total. The summed E-state index contributed by atoms with van der Waals surface area (Å²) in [6, 6.07) is 0. The van der Waals surface area contributed by atoms with Gasteiger partial charge in [-0.05, 0) is 40.0 Å². The first kappa shape index (κ1) is 18.7. The molecule has 2 N–H and O–H groups in total. The first-order chi connectivity index (χ1) is 10.5. The van der Waals surface area contributed by atoms with Crippen LogP contribution in [-0.2, 0) is 17.3 Å². The monoisotopic (exact) mass is 365 g/mol. The Hall–Kier alpha value is -1.61. The maximum Gasteiger partial charge on any atom is 0.433 e. The van der Waals surface area contributed by atoms with Crippen molar-refractivity contribution < 1.29 is 17.7 Å². The summed E-state index contributed by atoms with van der Waals surface area (Å²) in [5.74, 6) is 0.0370. The lowest BCUT2D eigenvalue weighted by molar-refractivity contribution is -0.145. The molecule has 10 heteroatoms. The quantitative estimate of drug-likeness (QED) is 0.881. The molecule has 3 rings (SSSR count). The third-order valence-electron chi connectivity index (χ3n) is 4.02. The molecule has 1 aliphatic carbocycles. The number of alkyl halides is 3. The van der Waals surface area contributed by atoms with Gasteiger partial charge in [0, 0.05) is 0 Å². The molecule has 0 spiro atoms. The largest absolute Gasteiger partial charge is 0.433 e. The number of aromatic nitrogens is 4. The van der Waals surface area contributed by atoms with E-state index in [0.717, 1.165) is 17.3 Å². The van der Waals surface area contributed by atoms with Crippen molar-refractivity contribution in [2.24, 2.45) is 5.73 Å². The Labute approximate surface area is 143 Å². The Morgan fingerprint density at radius 3 is 2.33 bits per heavy atom. The topological polar surface area (TPSA) is 82.8 Å². The number of rotatable bonds is 2. The molecule has 1 saturated carbocycles. The van der Waals surface area contributed by atoms with Crippen molar-refractivity contribution in [3.8, 4) is 11.5 Å². The van der Waals surface area contributed by atoms with Gasteiger partial charge in [-0.1, -0.05) is 5.16 Å². The van der Waals surface area contributed by atoms with Gasteiger partial charge in [0.2, 0.25) is 0 Å². The fraction of sp³-hybridized carbons (Fsp3) is 0.643. The van der Waals surface area contributed by atoms with Crippen LogP contribution in [0.3, 0.4) is 0 Å². The molecule has 0 radical (unpaired) electrons. The lowest BCUT2D eigenvalue weighted by atomic mass is 9.77. The highest BCUT2D eigenvalue weighted by Crippen LogP contribution is 2.41. The highest BCUT2D eigenvalue weighted by molar-refractivity contribution is 5.85. The van der Waals surface area contributed by atoms with Gasteiger partial charge < -0.3 is 10.3 Å². The summed E-state index contributed by atoms with van der Waals surface area (Å²) in [7, 11) is 0. The van der Waals surface area contributed by atoms with Gasteiger partial charge in [0.05, 0.1) is 22.8 Å². The van der Waals surface area contributed by atoms with Crippen LogP contribution in [-0.4, -0.2) is 19.9 Å². The van der Waals surface area contributed by atoms with E-state index < -0.39 is 22.9 Å². The van der Waals surface area contributed by atoms with Gasteiger partial charge in [0.1, 0.15) is 0 Å². The maximum atomic E-state index is 13.5. The molecule has 0 saturated heterocycles. The Morgan fingerprint density at radius 1 is 1.25 bits per heavy atom. The molecule has 0 aliphatic heterocycles. The molecule has 0 bridgehead atoms. The number of halogens is 4. The Kier molecular flexibility index (Phi) is 4.47. The van der Waals surface area contributed by atoms with Crippen LogP contribution in [0, 0.1) is 0 Å². The van der Waals surface area contributed by atoms with Crippen molar-refractivity contribution in [1.82, 2.24) is 19.9 Å². The Bertz CT molecular complexity index is 728. The first-order valence-corrected chi connectivity index (χ1v) is 7.31. The molecule has 0 amide bonds. The number of hydrogen-bond donors (Lipinski definition) is 1. The molecule has 0 aromatic carbocycles. The second-order valence-corrected chi connectivity index (χ2v) is 6.92. The van der Waals surface area contributed by atoms with Crippen molar-refractivity contribution >= 4 is 12.4 Å².